The lowest BCUT2D eigenvalue weighted by Crippen LogP contribution is -2.44. The van der Waals surface area contributed by atoms with E-state index >= 15 is 0 Å². The van der Waals surface area contributed by atoms with E-state index in [2.05, 4.69) is 15.5 Å². The van der Waals surface area contributed by atoms with Gasteiger partial charge in [-0.2, -0.15) is 15.0 Å². The van der Waals surface area contributed by atoms with Crippen molar-refractivity contribution < 1.29 is 24.2 Å². The van der Waals surface area contributed by atoms with Crippen LogP contribution in [0, 0.1) is 0 Å². The summed E-state index contributed by atoms with van der Waals surface area (Å²) in [7, 11) is 0. The fourth-order valence-corrected chi connectivity index (χ4v) is 2.04. The second kappa shape index (κ2) is 8.32. The number of ether oxygens (including phenoxy) is 2. The summed E-state index contributed by atoms with van der Waals surface area (Å²) in [6.45, 7) is 5.75. The average molecular weight is 362 g/mol. The molecule has 9 heteroatoms. The van der Waals surface area contributed by atoms with E-state index in [1.54, 1.807) is 32.9 Å². The first-order chi connectivity index (χ1) is 12.2. The lowest BCUT2D eigenvalue weighted by Gasteiger charge is -2.23. The quantitative estimate of drug-likeness (QED) is 0.773. The molecule has 0 aliphatic heterocycles. The summed E-state index contributed by atoms with van der Waals surface area (Å²) in [4.78, 5) is 24.3. The zero-order valence-electron chi connectivity index (χ0n) is 14.9. The van der Waals surface area contributed by atoms with Gasteiger partial charge in [-0.1, -0.05) is 0 Å². The van der Waals surface area contributed by atoms with E-state index in [0.29, 0.717) is 12.3 Å². The molecule has 0 spiro atoms. The second-order valence-corrected chi connectivity index (χ2v) is 6.57. The summed E-state index contributed by atoms with van der Waals surface area (Å²) >= 11 is 0. The molecule has 1 atom stereocenters. The Bertz CT molecular complexity index is 723. The van der Waals surface area contributed by atoms with E-state index in [1.165, 1.54) is 29.3 Å². The SMILES string of the molecule is CC(C)(C)OC(=O)N[C@@H](COc1ccc(C(=O)O)cc1)Cn1nccn1. The molecular weight excluding hydrogens is 340 g/mol. The summed E-state index contributed by atoms with van der Waals surface area (Å²) < 4.78 is 10.9. The van der Waals surface area contributed by atoms with Gasteiger partial charge in [0.2, 0.25) is 0 Å². The third kappa shape index (κ3) is 6.42. The smallest absolute Gasteiger partial charge is 0.408 e. The van der Waals surface area contributed by atoms with Gasteiger partial charge in [0.1, 0.15) is 18.0 Å². The van der Waals surface area contributed by atoms with Gasteiger partial charge in [-0.15, -0.1) is 0 Å². The number of alkyl carbamates (subject to hydrolysis) is 1. The Morgan fingerprint density at radius 3 is 2.35 bits per heavy atom. The molecule has 1 aromatic heterocycles. The molecule has 2 aromatic rings. The number of aromatic carboxylic acids is 1. The molecule has 140 valence electrons. The van der Waals surface area contributed by atoms with Crippen LogP contribution >= 0.6 is 0 Å². The van der Waals surface area contributed by atoms with Crippen molar-refractivity contribution in [2.24, 2.45) is 0 Å². The molecule has 0 saturated heterocycles. The Kier molecular flexibility index (Phi) is 6.16. The van der Waals surface area contributed by atoms with Crippen LogP contribution in [-0.4, -0.2) is 50.4 Å². The van der Waals surface area contributed by atoms with Crippen LogP contribution in [0.15, 0.2) is 36.7 Å². The van der Waals surface area contributed by atoms with Gasteiger partial charge < -0.3 is 19.9 Å². The maximum Gasteiger partial charge on any atom is 0.408 e. The standard InChI is InChI=1S/C17H22N4O5/c1-17(2,3)26-16(24)20-13(10-21-18-8-9-19-21)11-25-14-6-4-12(5-7-14)15(22)23/h4-9,13H,10-11H2,1-3H3,(H,20,24)(H,22,23)/t13-/m1/s1. The van der Waals surface area contributed by atoms with Crippen LogP contribution < -0.4 is 10.1 Å². The van der Waals surface area contributed by atoms with Gasteiger partial charge in [0.25, 0.3) is 0 Å². The average Bonchev–Trinajstić information content (AvgIpc) is 3.04. The number of nitrogens with zero attached hydrogens (tertiary/aromatic N) is 3. The molecule has 0 fully saturated rings. The van der Waals surface area contributed by atoms with E-state index in [0.717, 1.165) is 0 Å². The summed E-state index contributed by atoms with van der Waals surface area (Å²) in [6, 6.07) is 5.56. The number of carbonyl (C=O) groups excluding carboxylic acids is 1. The van der Waals surface area contributed by atoms with Crippen molar-refractivity contribution in [3.63, 3.8) is 0 Å². The van der Waals surface area contributed by atoms with Crippen molar-refractivity contribution in [3.8, 4) is 5.75 Å². The van der Waals surface area contributed by atoms with Crippen molar-refractivity contribution in [2.75, 3.05) is 6.61 Å². The van der Waals surface area contributed by atoms with Crippen molar-refractivity contribution in [1.82, 2.24) is 20.3 Å². The van der Waals surface area contributed by atoms with Crippen LogP contribution in [0.25, 0.3) is 0 Å². The van der Waals surface area contributed by atoms with Gasteiger partial charge in [-0.3, -0.25) is 0 Å². The number of amides is 1. The van der Waals surface area contributed by atoms with Gasteiger partial charge in [-0.25, -0.2) is 9.59 Å². The Morgan fingerprint density at radius 1 is 1.19 bits per heavy atom. The summed E-state index contributed by atoms with van der Waals surface area (Å²) in [6.07, 6.45) is 2.51. The maximum atomic E-state index is 12.0. The van der Waals surface area contributed by atoms with Gasteiger partial charge in [-0.05, 0) is 45.0 Å². The topological polar surface area (TPSA) is 116 Å². The Labute approximate surface area is 150 Å². The van der Waals surface area contributed by atoms with E-state index in [-0.39, 0.29) is 12.2 Å². The van der Waals surface area contributed by atoms with E-state index in [4.69, 9.17) is 14.6 Å². The minimum absolute atomic E-state index is 0.132. The van der Waals surface area contributed by atoms with Crippen molar-refractivity contribution in [1.29, 1.82) is 0 Å². The minimum Gasteiger partial charge on any atom is -0.491 e. The first-order valence-electron chi connectivity index (χ1n) is 8.03. The van der Waals surface area contributed by atoms with Crippen LogP contribution in [0.2, 0.25) is 0 Å². The van der Waals surface area contributed by atoms with Crippen molar-refractivity contribution in [3.05, 3.63) is 42.2 Å². The largest absolute Gasteiger partial charge is 0.491 e. The molecule has 0 unspecified atom stereocenters. The minimum atomic E-state index is -1.01. The van der Waals surface area contributed by atoms with E-state index in [9.17, 15) is 9.59 Å². The molecule has 0 bridgehead atoms. The molecule has 2 N–H and O–H groups in total. The number of carbonyl (C=O) groups is 2. The van der Waals surface area contributed by atoms with Crippen LogP contribution in [-0.2, 0) is 11.3 Å². The second-order valence-electron chi connectivity index (χ2n) is 6.57. The van der Waals surface area contributed by atoms with Crippen LogP contribution in [0.5, 0.6) is 5.75 Å². The van der Waals surface area contributed by atoms with Gasteiger partial charge in [0.05, 0.1) is 30.5 Å². The fraction of sp³-hybridized carbons (Fsp3) is 0.412. The Balaban J connectivity index is 1.98. The molecule has 0 aliphatic carbocycles. The first kappa shape index (κ1) is 19.2. The van der Waals surface area contributed by atoms with Gasteiger partial charge in [0.15, 0.2) is 0 Å². The van der Waals surface area contributed by atoms with Crippen LogP contribution in [0.4, 0.5) is 4.79 Å². The number of carboxylic acids is 1. The lowest BCUT2D eigenvalue weighted by atomic mass is 10.2. The molecular formula is C17H22N4O5. The highest BCUT2D eigenvalue weighted by Gasteiger charge is 2.21. The van der Waals surface area contributed by atoms with Crippen molar-refractivity contribution in [2.45, 2.75) is 39.0 Å². The zero-order chi connectivity index (χ0) is 19.2. The zero-order valence-corrected chi connectivity index (χ0v) is 14.9. The predicted molar refractivity (Wildman–Crippen MR) is 92.1 cm³/mol. The third-order valence-electron chi connectivity index (χ3n) is 3.12. The molecule has 1 amide bonds. The Morgan fingerprint density at radius 2 is 1.81 bits per heavy atom. The van der Waals surface area contributed by atoms with Gasteiger partial charge in [0, 0.05) is 0 Å². The van der Waals surface area contributed by atoms with E-state index < -0.39 is 23.7 Å². The molecule has 0 saturated carbocycles. The molecule has 2 rings (SSSR count). The fourth-order valence-electron chi connectivity index (χ4n) is 2.04. The molecule has 1 aromatic carbocycles. The summed E-state index contributed by atoms with van der Waals surface area (Å²) in [5, 5.41) is 19.7. The number of aromatic nitrogens is 3. The molecule has 1 heterocycles. The number of carboxylic acid groups (broad SMARTS) is 1. The Hall–Kier alpha value is -3.10. The predicted octanol–water partition coefficient (Wildman–Crippen LogP) is 1.95. The number of hydrogen-bond acceptors (Lipinski definition) is 6. The van der Waals surface area contributed by atoms with Crippen molar-refractivity contribution >= 4 is 12.1 Å². The molecule has 0 radical (unpaired) electrons. The normalized spacial score (nSPS) is 12.3. The highest BCUT2D eigenvalue weighted by Crippen LogP contribution is 2.13. The lowest BCUT2D eigenvalue weighted by molar-refractivity contribution is 0.0477. The number of nitrogens with one attached hydrogen (secondary N) is 1. The van der Waals surface area contributed by atoms with Crippen LogP contribution in [0.3, 0.4) is 0 Å². The number of hydrogen-bond donors (Lipinski definition) is 2. The highest BCUT2D eigenvalue weighted by molar-refractivity contribution is 5.87. The number of benzene rings is 1. The maximum absolute atomic E-state index is 12.0. The van der Waals surface area contributed by atoms with Gasteiger partial charge >= 0.3 is 12.1 Å². The molecule has 0 aliphatic rings. The van der Waals surface area contributed by atoms with Crippen LogP contribution in [0.1, 0.15) is 31.1 Å². The highest BCUT2D eigenvalue weighted by atomic mass is 16.6. The molecule has 9 nitrogen and oxygen atoms in total. The molecule has 26 heavy (non-hydrogen) atoms. The first-order valence-corrected chi connectivity index (χ1v) is 8.03. The monoisotopic (exact) mass is 362 g/mol. The number of rotatable bonds is 7. The summed E-state index contributed by atoms with van der Waals surface area (Å²) in [5.41, 5.74) is -0.451. The third-order valence-corrected chi connectivity index (χ3v) is 3.12. The summed E-state index contributed by atoms with van der Waals surface area (Å²) in [5.74, 6) is -0.523. The van der Waals surface area contributed by atoms with E-state index in [1.807, 2.05) is 0 Å².